The Morgan fingerprint density at radius 2 is 1.48 bits per heavy atom. The van der Waals surface area contributed by atoms with Crippen molar-refractivity contribution in [2.45, 2.75) is 18.5 Å². The zero-order chi connectivity index (χ0) is 14.8. The summed E-state index contributed by atoms with van der Waals surface area (Å²) in [4.78, 5) is 22.9. The van der Waals surface area contributed by atoms with Gasteiger partial charge in [-0.15, -0.1) is 20.4 Å². The average molecular weight is 325 g/mol. The lowest BCUT2D eigenvalue weighted by atomic mass is 9.95. The van der Waals surface area contributed by atoms with Crippen molar-refractivity contribution in [3.05, 3.63) is 10.0 Å². The second kappa shape index (κ2) is 5.79. The van der Waals surface area contributed by atoms with Crippen molar-refractivity contribution in [2.75, 3.05) is 17.7 Å². The van der Waals surface area contributed by atoms with Gasteiger partial charge < -0.3 is 10.6 Å². The molecule has 3 heterocycles. The summed E-state index contributed by atoms with van der Waals surface area (Å²) in [5, 5.41) is 23.6. The molecule has 0 bridgehead atoms. The molecule has 2 aromatic rings. The number of likely N-dealkylation sites (tertiary alicyclic amines) is 1. The Balaban J connectivity index is 1.67. The monoisotopic (exact) mass is 325 g/mol. The Morgan fingerprint density at radius 1 is 1.00 bits per heavy atom. The number of amides is 2. The molecule has 0 spiro atoms. The quantitative estimate of drug-likeness (QED) is 0.749. The lowest BCUT2D eigenvalue weighted by molar-refractivity contribution is -0.106. The number of carbonyl (C=O) groups is 2. The molecule has 2 atom stereocenters. The van der Waals surface area contributed by atoms with Gasteiger partial charge in [-0.1, -0.05) is 22.7 Å². The van der Waals surface area contributed by atoms with Crippen LogP contribution in [0.25, 0.3) is 0 Å². The van der Waals surface area contributed by atoms with Crippen LogP contribution in [0.4, 0.5) is 10.3 Å². The number of nitrogens with one attached hydrogen (secondary N) is 2. The molecule has 2 unspecified atom stereocenters. The number of anilines is 2. The van der Waals surface area contributed by atoms with Gasteiger partial charge in [0.25, 0.3) is 0 Å². The summed E-state index contributed by atoms with van der Waals surface area (Å²) in [6, 6.07) is 0.308. The largest absolute Gasteiger partial charge is 0.303 e. The third-order valence-electron chi connectivity index (χ3n) is 3.25. The molecule has 1 aliphatic rings. The van der Waals surface area contributed by atoms with Crippen LogP contribution >= 0.6 is 22.7 Å². The second-order valence-electron chi connectivity index (χ2n) is 4.35. The fourth-order valence-corrected chi connectivity index (χ4v) is 3.86. The van der Waals surface area contributed by atoms with Crippen LogP contribution < -0.4 is 10.6 Å². The molecule has 1 aliphatic heterocycles. The van der Waals surface area contributed by atoms with Gasteiger partial charge in [0.15, 0.2) is 0 Å². The molecule has 1 fully saturated rings. The van der Waals surface area contributed by atoms with Gasteiger partial charge in [-0.2, -0.15) is 0 Å². The summed E-state index contributed by atoms with van der Waals surface area (Å²) in [6.07, 6.45) is 2.02. The first-order valence-corrected chi connectivity index (χ1v) is 7.65. The van der Waals surface area contributed by atoms with Gasteiger partial charge in [-0.05, 0) is 13.5 Å². The fourth-order valence-electron chi connectivity index (χ4n) is 2.13. The van der Waals surface area contributed by atoms with Crippen LogP contribution in [0, 0.1) is 0 Å². The second-order valence-corrected chi connectivity index (χ2v) is 6.37. The van der Waals surface area contributed by atoms with E-state index in [9.17, 15) is 9.59 Å². The minimum Gasteiger partial charge on any atom is -0.303 e. The van der Waals surface area contributed by atoms with Crippen LogP contribution in [-0.4, -0.2) is 45.2 Å². The van der Waals surface area contributed by atoms with Crippen molar-refractivity contribution in [3.8, 4) is 0 Å². The van der Waals surface area contributed by atoms with E-state index in [1.165, 1.54) is 22.7 Å². The predicted molar refractivity (Wildman–Crippen MR) is 77.1 cm³/mol. The SMILES string of the molecule is CN1C(c2nnc(NC=O)s2)CC1c1nnc(NC=O)s1. The molecule has 1 saturated heterocycles. The van der Waals surface area contributed by atoms with Crippen LogP contribution in [0.1, 0.15) is 28.5 Å². The molecule has 9 nitrogen and oxygen atoms in total. The van der Waals surface area contributed by atoms with E-state index in [2.05, 4.69) is 35.9 Å². The van der Waals surface area contributed by atoms with E-state index in [1.807, 2.05) is 7.05 Å². The highest BCUT2D eigenvalue weighted by atomic mass is 32.1. The lowest BCUT2D eigenvalue weighted by Gasteiger charge is -2.43. The molecular formula is C10H11N7O2S2. The normalized spacial score (nSPS) is 21.6. The molecule has 2 amide bonds. The number of aromatic nitrogens is 4. The summed E-state index contributed by atoms with van der Waals surface area (Å²) in [5.74, 6) is 0. The molecule has 21 heavy (non-hydrogen) atoms. The zero-order valence-electron chi connectivity index (χ0n) is 10.9. The fraction of sp³-hybridized carbons (Fsp3) is 0.400. The average Bonchev–Trinajstić information content (AvgIpc) is 3.09. The number of hydrogen-bond donors (Lipinski definition) is 2. The van der Waals surface area contributed by atoms with Crippen molar-refractivity contribution in [3.63, 3.8) is 0 Å². The summed E-state index contributed by atoms with van der Waals surface area (Å²) < 4.78 is 0. The molecule has 110 valence electrons. The van der Waals surface area contributed by atoms with E-state index >= 15 is 0 Å². The highest BCUT2D eigenvalue weighted by Gasteiger charge is 2.41. The number of carbonyl (C=O) groups excluding carboxylic acids is 2. The Kier molecular flexibility index (Phi) is 3.86. The van der Waals surface area contributed by atoms with E-state index in [4.69, 9.17) is 0 Å². The highest BCUT2D eigenvalue weighted by molar-refractivity contribution is 7.15. The van der Waals surface area contributed by atoms with Crippen molar-refractivity contribution >= 4 is 45.8 Å². The molecule has 2 aromatic heterocycles. The predicted octanol–water partition coefficient (Wildman–Crippen LogP) is 0.644. The van der Waals surface area contributed by atoms with Crippen molar-refractivity contribution in [1.29, 1.82) is 0 Å². The van der Waals surface area contributed by atoms with Crippen molar-refractivity contribution in [2.24, 2.45) is 0 Å². The summed E-state index contributed by atoms with van der Waals surface area (Å²) >= 11 is 2.72. The topological polar surface area (TPSA) is 113 Å². The van der Waals surface area contributed by atoms with Gasteiger partial charge in [0, 0.05) is 0 Å². The number of rotatable bonds is 6. The Hall–Kier alpha value is -1.98. The van der Waals surface area contributed by atoms with Crippen molar-refractivity contribution in [1.82, 2.24) is 25.3 Å². The van der Waals surface area contributed by atoms with Gasteiger partial charge in [-0.25, -0.2) is 0 Å². The first-order valence-electron chi connectivity index (χ1n) is 6.02. The Bertz CT molecular complexity index is 603. The molecule has 0 saturated carbocycles. The van der Waals surface area contributed by atoms with E-state index in [0.29, 0.717) is 23.1 Å². The summed E-state index contributed by atoms with van der Waals surface area (Å²) in [5.41, 5.74) is 0. The van der Waals surface area contributed by atoms with Crippen LogP contribution in [-0.2, 0) is 9.59 Å². The van der Waals surface area contributed by atoms with Crippen LogP contribution in [0.5, 0.6) is 0 Å². The van der Waals surface area contributed by atoms with Gasteiger partial charge in [-0.3, -0.25) is 14.5 Å². The first-order chi connectivity index (χ1) is 10.2. The number of hydrogen-bond acceptors (Lipinski definition) is 9. The lowest BCUT2D eigenvalue weighted by Crippen LogP contribution is -2.40. The van der Waals surface area contributed by atoms with Crippen molar-refractivity contribution < 1.29 is 9.59 Å². The molecule has 0 aliphatic carbocycles. The maximum absolute atomic E-state index is 10.4. The van der Waals surface area contributed by atoms with Gasteiger partial charge in [0.05, 0.1) is 12.1 Å². The van der Waals surface area contributed by atoms with Crippen LogP contribution in [0.15, 0.2) is 0 Å². The molecular weight excluding hydrogens is 314 g/mol. The molecule has 11 heteroatoms. The molecule has 0 radical (unpaired) electrons. The standard InChI is InChI=1S/C10H11N7O2S2/c1-17-5(7-13-15-9(20-7)11-3-18)2-6(17)8-14-16-10(21-8)12-4-19/h3-6H,2H2,1H3,(H,11,15,18)(H,12,16,19). The minimum atomic E-state index is 0.154. The van der Waals surface area contributed by atoms with E-state index < -0.39 is 0 Å². The zero-order valence-corrected chi connectivity index (χ0v) is 12.5. The van der Waals surface area contributed by atoms with Crippen LogP contribution in [0.3, 0.4) is 0 Å². The van der Waals surface area contributed by atoms with E-state index in [1.54, 1.807) is 0 Å². The summed E-state index contributed by atoms with van der Waals surface area (Å²) in [6.45, 7) is 0. The summed E-state index contributed by atoms with van der Waals surface area (Å²) in [7, 11) is 1.97. The van der Waals surface area contributed by atoms with Gasteiger partial charge in [0.1, 0.15) is 10.0 Å². The third kappa shape index (κ3) is 2.62. The maximum Gasteiger partial charge on any atom is 0.213 e. The van der Waals surface area contributed by atoms with Crippen LogP contribution in [0.2, 0.25) is 0 Å². The Labute approximate surface area is 127 Å². The smallest absolute Gasteiger partial charge is 0.213 e. The van der Waals surface area contributed by atoms with Gasteiger partial charge in [0.2, 0.25) is 23.1 Å². The molecule has 2 N–H and O–H groups in total. The molecule has 0 aromatic carbocycles. The number of nitrogens with zero attached hydrogens (tertiary/aromatic N) is 5. The Morgan fingerprint density at radius 3 is 1.86 bits per heavy atom. The first kappa shape index (κ1) is 14.0. The maximum atomic E-state index is 10.4. The van der Waals surface area contributed by atoms with Gasteiger partial charge >= 0.3 is 0 Å². The third-order valence-corrected chi connectivity index (χ3v) is 5.16. The highest BCUT2D eigenvalue weighted by Crippen LogP contribution is 2.48. The minimum absolute atomic E-state index is 0.154. The van der Waals surface area contributed by atoms with E-state index in [0.717, 1.165) is 16.4 Å². The van der Waals surface area contributed by atoms with E-state index in [-0.39, 0.29) is 12.1 Å². The molecule has 3 rings (SSSR count).